The maximum Gasteiger partial charge on any atom is 0.241 e. The van der Waals surface area contributed by atoms with Gasteiger partial charge in [-0.05, 0) is 36.8 Å². The van der Waals surface area contributed by atoms with Crippen LogP contribution < -0.4 is 4.72 Å². The molecule has 0 saturated carbocycles. The average Bonchev–Trinajstić information content (AvgIpc) is 2.40. The highest BCUT2D eigenvalue weighted by Gasteiger charge is 2.17. The van der Waals surface area contributed by atoms with Gasteiger partial charge in [0, 0.05) is 18.4 Å². The van der Waals surface area contributed by atoms with Gasteiger partial charge in [0.1, 0.15) is 0 Å². The molecule has 0 radical (unpaired) electrons. The number of sulfonamides is 1. The van der Waals surface area contributed by atoms with Gasteiger partial charge in [-0.25, -0.2) is 13.1 Å². The summed E-state index contributed by atoms with van der Waals surface area (Å²) in [6.07, 6.45) is 3.28. The van der Waals surface area contributed by atoms with Crippen LogP contribution in [-0.2, 0) is 10.0 Å². The van der Waals surface area contributed by atoms with Gasteiger partial charge in [-0.1, -0.05) is 18.2 Å². The topological polar surface area (TPSA) is 59.1 Å². The van der Waals surface area contributed by atoms with Crippen molar-refractivity contribution in [2.75, 3.05) is 0 Å². The largest absolute Gasteiger partial charge is 0.265 e. The molecule has 4 nitrogen and oxygen atoms in total. The smallest absolute Gasteiger partial charge is 0.241 e. The molecule has 1 atom stereocenters. The lowest BCUT2D eigenvalue weighted by Crippen LogP contribution is -2.26. The van der Waals surface area contributed by atoms with Crippen LogP contribution in [0.4, 0.5) is 0 Å². The van der Waals surface area contributed by atoms with Crippen molar-refractivity contribution in [2.24, 2.45) is 0 Å². The van der Waals surface area contributed by atoms with Crippen molar-refractivity contribution in [1.29, 1.82) is 0 Å². The van der Waals surface area contributed by atoms with Crippen molar-refractivity contribution in [3.05, 3.63) is 60.4 Å². The Morgan fingerprint density at radius 1 is 1.06 bits per heavy atom. The molecule has 2 aromatic rings. The minimum Gasteiger partial charge on any atom is -0.265 e. The molecule has 1 heterocycles. The van der Waals surface area contributed by atoms with Gasteiger partial charge in [0.15, 0.2) is 0 Å². The average molecular weight is 262 g/mol. The summed E-state index contributed by atoms with van der Waals surface area (Å²) in [5.41, 5.74) is 0.879. The lowest BCUT2D eigenvalue weighted by atomic mass is 10.1. The number of aromatic nitrogens is 1. The van der Waals surface area contributed by atoms with Crippen molar-refractivity contribution in [2.45, 2.75) is 17.9 Å². The summed E-state index contributed by atoms with van der Waals surface area (Å²) in [4.78, 5) is 4.17. The van der Waals surface area contributed by atoms with Gasteiger partial charge in [0.05, 0.1) is 4.90 Å². The van der Waals surface area contributed by atoms with E-state index in [1.165, 1.54) is 0 Å². The van der Waals surface area contributed by atoms with Crippen LogP contribution in [0.2, 0.25) is 0 Å². The van der Waals surface area contributed by atoms with E-state index in [0.29, 0.717) is 0 Å². The van der Waals surface area contributed by atoms with E-state index in [1.807, 2.05) is 0 Å². The highest BCUT2D eigenvalue weighted by atomic mass is 32.2. The Labute approximate surface area is 107 Å². The van der Waals surface area contributed by atoms with Crippen LogP contribution in [0.25, 0.3) is 0 Å². The van der Waals surface area contributed by atoms with Crippen molar-refractivity contribution >= 4 is 10.0 Å². The monoisotopic (exact) mass is 262 g/mol. The number of benzene rings is 1. The molecule has 0 bridgehead atoms. The van der Waals surface area contributed by atoms with Crippen LogP contribution in [0.3, 0.4) is 0 Å². The molecule has 1 aromatic heterocycles. The number of hydrogen-bond acceptors (Lipinski definition) is 3. The first-order valence-corrected chi connectivity index (χ1v) is 7.05. The summed E-state index contributed by atoms with van der Waals surface area (Å²) in [7, 11) is -3.48. The highest BCUT2D eigenvalue weighted by molar-refractivity contribution is 7.89. The lowest BCUT2D eigenvalue weighted by Gasteiger charge is -2.14. The predicted octanol–water partition coefficient (Wildman–Crippen LogP) is 2.12. The van der Waals surface area contributed by atoms with E-state index in [4.69, 9.17) is 0 Å². The second-order valence-electron chi connectivity index (χ2n) is 3.94. The second-order valence-corrected chi connectivity index (χ2v) is 5.65. The molecular formula is C13H14N2O2S. The first kappa shape index (κ1) is 12.7. The predicted molar refractivity (Wildman–Crippen MR) is 69.4 cm³/mol. The summed E-state index contributed by atoms with van der Waals surface area (Å²) >= 11 is 0. The summed E-state index contributed by atoms with van der Waals surface area (Å²) in [5, 5.41) is 0. The third-order valence-electron chi connectivity index (χ3n) is 2.59. The fourth-order valence-electron chi connectivity index (χ4n) is 1.62. The third-order valence-corrected chi connectivity index (χ3v) is 4.15. The van der Waals surface area contributed by atoms with Gasteiger partial charge in [0.25, 0.3) is 0 Å². The molecule has 0 unspecified atom stereocenters. The summed E-state index contributed by atoms with van der Waals surface area (Å²) in [5.74, 6) is 0. The Morgan fingerprint density at radius 3 is 2.28 bits per heavy atom. The molecule has 94 valence electrons. The molecule has 1 N–H and O–H groups in total. The van der Waals surface area contributed by atoms with Gasteiger partial charge in [0.2, 0.25) is 10.0 Å². The van der Waals surface area contributed by atoms with Gasteiger partial charge < -0.3 is 0 Å². The van der Waals surface area contributed by atoms with Crippen LogP contribution in [0, 0.1) is 0 Å². The standard InChI is InChI=1S/C13H14N2O2S/c1-11(12-7-9-14-10-8-12)15-18(16,17)13-5-3-2-4-6-13/h2-11,15H,1H3/t11-/m0/s1. The van der Waals surface area contributed by atoms with Crippen molar-refractivity contribution in [3.8, 4) is 0 Å². The Balaban J connectivity index is 2.20. The van der Waals surface area contributed by atoms with Crippen LogP contribution in [0.15, 0.2) is 59.8 Å². The fraction of sp³-hybridized carbons (Fsp3) is 0.154. The molecule has 0 aliphatic rings. The maximum absolute atomic E-state index is 12.1. The first-order chi connectivity index (χ1) is 8.59. The molecule has 0 amide bonds. The first-order valence-electron chi connectivity index (χ1n) is 5.57. The van der Waals surface area contributed by atoms with Crippen LogP contribution in [0.5, 0.6) is 0 Å². The zero-order valence-corrected chi connectivity index (χ0v) is 10.8. The third kappa shape index (κ3) is 2.94. The molecule has 1 aromatic carbocycles. The SMILES string of the molecule is C[C@H](NS(=O)(=O)c1ccccc1)c1ccncc1. The van der Waals surface area contributed by atoms with Crippen LogP contribution in [-0.4, -0.2) is 13.4 Å². The van der Waals surface area contributed by atoms with E-state index in [9.17, 15) is 8.42 Å². The Bertz CT molecular complexity index is 597. The van der Waals surface area contributed by atoms with Crippen molar-refractivity contribution < 1.29 is 8.42 Å². The van der Waals surface area contributed by atoms with Crippen molar-refractivity contribution in [1.82, 2.24) is 9.71 Å². The minimum atomic E-state index is -3.48. The van der Waals surface area contributed by atoms with Crippen LogP contribution in [0.1, 0.15) is 18.5 Å². The molecule has 18 heavy (non-hydrogen) atoms. The lowest BCUT2D eigenvalue weighted by molar-refractivity contribution is 0.567. The van der Waals surface area contributed by atoms with E-state index < -0.39 is 10.0 Å². The molecule has 0 aliphatic carbocycles. The number of nitrogens with one attached hydrogen (secondary N) is 1. The molecular weight excluding hydrogens is 248 g/mol. The van der Waals surface area contributed by atoms with Crippen LogP contribution >= 0.6 is 0 Å². The fourth-order valence-corrected chi connectivity index (χ4v) is 2.87. The maximum atomic E-state index is 12.1. The zero-order chi connectivity index (χ0) is 13.0. The zero-order valence-electron chi connectivity index (χ0n) is 9.95. The van der Waals surface area contributed by atoms with E-state index in [-0.39, 0.29) is 10.9 Å². The van der Waals surface area contributed by atoms with Gasteiger partial charge in [-0.15, -0.1) is 0 Å². The molecule has 0 spiro atoms. The normalized spacial score (nSPS) is 13.2. The molecule has 0 saturated heterocycles. The van der Waals surface area contributed by atoms with Gasteiger partial charge in [-0.3, -0.25) is 4.98 Å². The minimum absolute atomic E-state index is 0.269. The number of nitrogens with zero attached hydrogens (tertiary/aromatic N) is 1. The van der Waals surface area contributed by atoms with Gasteiger partial charge >= 0.3 is 0 Å². The quantitative estimate of drug-likeness (QED) is 0.918. The van der Waals surface area contributed by atoms with E-state index in [1.54, 1.807) is 61.8 Å². The second kappa shape index (κ2) is 5.29. The Kier molecular flexibility index (Phi) is 3.74. The number of hydrogen-bond donors (Lipinski definition) is 1. The summed E-state index contributed by atoms with van der Waals surface area (Å²) in [6.45, 7) is 1.80. The van der Waals surface area contributed by atoms with E-state index >= 15 is 0 Å². The number of pyridine rings is 1. The Hall–Kier alpha value is -1.72. The molecule has 0 aliphatic heterocycles. The van der Waals surface area contributed by atoms with E-state index in [0.717, 1.165) is 5.56 Å². The highest BCUT2D eigenvalue weighted by Crippen LogP contribution is 2.15. The van der Waals surface area contributed by atoms with Crippen molar-refractivity contribution in [3.63, 3.8) is 0 Å². The Morgan fingerprint density at radius 2 is 1.67 bits per heavy atom. The molecule has 5 heteroatoms. The summed E-state index contributed by atoms with van der Waals surface area (Å²) < 4.78 is 26.8. The summed E-state index contributed by atoms with van der Waals surface area (Å²) in [6, 6.07) is 11.6. The number of rotatable bonds is 4. The molecule has 0 fully saturated rings. The van der Waals surface area contributed by atoms with E-state index in [2.05, 4.69) is 9.71 Å². The molecule has 2 rings (SSSR count). The van der Waals surface area contributed by atoms with Gasteiger partial charge in [-0.2, -0.15) is 0 Å².